The van der Waals surface area contributed by atoms with Crippen LogP contribution >= 0.6 is 0 Å². The highest BCUT2D eigenvalue weighted by atomic mass is 16.1. The number of likely N-dealkylation sites (N-methyl/N-ethyl adjacent to an activating group) is 1. The Kier molecular flexibility index (Phi) is 6.01. The van der Waals surface area contributed by atoms with Crippen LogP contribution in [0.3, 0.4) is 0 Å². The van der Waals surface area contributed by atoms with Gasteiger partial charge in [-0.25, -0.2) is 0 Å². The van der Waals surface area contributed by atoms with Gasteiger partial charge in [0.15, 0.2) is 0 Å². The van der Waals surface area contributed by atoms with Crippen molar-refractivity contribution in [3.8, 4) is 0 Å². The first-order valence-corrected chi connectivity index (χ1v) is 9.64. The average Bonchev–Trinajstić information content (AvgIpc) is 2.62. The van der Waals surface area contributed by atoms with E-state index in [9.17, 15) is 4.79 Å². The maximum atomic E-state index is 12.7. The van der Waals surface area contributed by atoms with Crippen LogP contribution in [0.5, 0.6) is 0 Å². The molecule has 0 atom stereocenters. The first-order valence-electron chi connectivity index (χ1n) is 9.64. The lowest BCUT2D eigenvalue weighted by Gasteiger charge is -2.35. The summed E-state index contributed by atoms with van der Waals surface area (Å²) in [6, 6.07) is 14.1. The Morgan fingerprint density at radius 1 is 1.04 bits per heavy atom. The number of nitrogens with zero attached hydrogens (tertiary/aromatic N) is 2. The summed E-state index contributed by atoms with van der Waals surface area (Å²) in [5, 5.41) is 6.51. The largest absolute Gasteiger partial charge is 0.381 e. The van der Waals surface area contributed by atoms with Gasteiger partial charge in [0.1, 0.15) is 0 Å². The van der Waals surface area contributed by atoms with Gasteiger partial charge in [-0.15, -0.1) is 0 Å². The van der Waals surface area contributed by atoms with Gasteiger partial charge in [0.2, 0.25) is 0 Å². The Labute approximate surface area is 162 Å². The van der Waals surface area contributed by atoms with Crippen LogP contribution in [0.2, 0.25) is 0 Å². The molecule has 1 amide bonds. The molecule has 1 aliphatic heterocycles. The van der Waals surface area contributed by atoms with Crippen LogP contribution in [0.25, 0.3) is 0 Å². The lowest BCUT2D eigenvalue weighted by atomic mass is 10.1. The van der Waals surface area contributed by atoms with Gasteiger partial charge < -0.3 is 20.4 Å². The smallest absolute Gasteiger partial charge is 0.255 e. The maximum Gasteiger partial charge on any atom is 0.255 e. The zero-order valence-corrected chi connectivity index (χ0v) is 16.7. The molecule has 0 spiro atoms. The number of hydrogen-bond acceptors (Lipinski definition) is 4. The first kappa shape index (κ1) is 19.2. The van der Waals surface area contributed by atoms with Crippen molar-refractivity contribution in [2.24, 2.45) is 0 Å². The molecule has 1 saturated heterocycles. The number of hydrogen-bond donors (Lipinski definition) is 2. The summed E-state index contributed by atoms with van der Waals surface area (Å²) < 4.78 is 0. The van der Waals surface area contributed by atoms with Crippen molar-refractivity contribution in [3.63, 3.8) is 0 Å². The molecule has 5 nitrogen and oxygen atoms in total. The Balaban J connectivity index is 1.82. The third-order valence-electron chi connectivity index (χ3n) is 4.82. The molecule has 1 aliphatic rings. The molecular weight excluding hydrogens is 336 g/mol. The standard InChI is InChI=1S/C22H30N4O/c1-16(2)23-20-15-18(22(27)24-19-7-5-6-17(3)14-19)8-9-21(20)26-12-10-25(4)11-13-26/h5-9,14-16,23H,10-13H2,1-4H3,(H,24,27). The van der Waals surface area contributed by atoms with Crippen molar-refractivity contribution in [2.75, 3.05) is 48.8 Å². The maximum absolute atomic E-state index is 12.7. The normalized spacial score (nSPS) is 15.1. The number of rotatable bonds is 5. The highest BCUT2D eigenvalue weighted by molar-refractivity contribution is 6.05. The predicted octanol–water partition coefficient (Wildman–Crippen LogP) is 3.82. The SMILES string of the molecule is Cc1cccc(NC(=O)c2ccc(N3CCN(C)CC3)c(NC(C)C)c2)c1. The molecule has 3 rings (SSSR count). The number of amides is 1. The van der Waals surface area contributed by atoms with Crippen molar-refractivity contribution < 1.29 is 4.79 Å². The third-order valence-corrected chi connectivity index (χ3v) is 4.82. The third kappa shape index (κ3) is 5.01. The number of anilines is 3. The second kappa shape index (κ2) is 8.44. The lowest BCUT2D eigenvalue weighted by Crippen LogP contribution is -2.44. The molecule has 0 saturated carbocycles. The number of piperazine rings is 1. The minimum atomic E-state index is -0.0858. The van der Waals surface area contributed by atoms with Gasteiger partial charge in [0.25, 0.3) is 5.91 Å². The highest BCUT2D eigenvalue weighted by Crippen LogP contribution is 2.29. The molecule has 2 aromatic carbocycles. The van der Waals surface area contributed by atoms with Crippen molar-refractivity contribution >= 4 is 23.0 Å². The molecule has 2 N–H and O–H groups in total. The Hall–Kier alpha value is -2.53. The van der Waals surface area contributed by atoms with Crippen LogP contribution < -0.4 is 15.5 Å². The van der Waals surface area contributed by atoms with E-state index in [-0.39, 0.29) is 5.91 Å². The first-order chi connectivity index (χ1) is 12.9. The van der Waals surface area contributed by atoms with E-state index >= 15 is 0 Å². The summed E-state index contributed by atoms with van der Waals surface area (Å²) in [4.78, 5) is 17.5. The van der Waals surface area contributed by atoms with E-state index in [0.717, 1.165) is 43.1 Å². The van der Waals surface area contributed by atoms with E-state index < -0.39 is 0 Å². The molecule has 2 aromatic rings. The Morgan fingerprint density at radius 2 is 1.78 bits per heavy atom. The van der Waals surface area contributed by atoms with Crippen LogP contribution in [-0.4, -0.2) is 50.1 Å². The van der Waals surface area contributed by atoms with Gasteiger partial charge in [-0.05, 0) is 63.7 Å². The topological polar surface area (TPSA) is 47.6 Å². The zero-order chi connectivity index (χ0) is 19.4. The summed E-state index contributed by atoms with van der Waals surface area (Å²) in [5.41, 5.74) is 4.80. The van der Waals surface area contributed by atoms with E-state index in [1.54, 1.807) is 0 Å². The highest BCUT2D eigenvalue weighted by Gasteiger charge is 2.19. The van der Waals surface area contributed by atoms with Gasteiger partial charge in [0.05, 0.1) is 11.4 Å². The van der Waals surface area contributed by atoms with E-state index in [0.29, 0.717) is 11.6 Å². The molecule has 27 heavy (non-hydrogen) atoms. The van der Waals surface area contributed by atoms with E-state index in [2.05, 4.69) is 47.4 Å². The molecule has 5 heteroatoms. The lowest BCUT2D eigenvalue weighted by molar-refractivity contribution is 0.102. The molecule has 0 radical (unpaired) electrons. The van der Waals surface area contributed by atoms with Crippen LogP contribution in [0.1, 0.15) is 29.8 Å². The van der Waals surface area contributed by atoms with Crippen LogP contribution in [-0.2, 0) is 0 Å². The number of carbonyl (C=O) groups is 1. The molecule has 0 unspecified atom stereocenters. The summed E-state index contributed by atoms with van der Waals surface area (Å²) in [6.07, 6.45) is 0. The van der Waals surface area contributed by atoms with Gasteiger partial charge in [-0.3, -0.25) is 4.79 Å². The fourth-order valence-corrected chi connectivity index (χ4v) is 3.35. The Morgan fingerprint density at radius 3 is 2.44 bits per heavy atom. The summed E-state index contributed by atoms with van der Waals surface area (Å²) >= 11 is 0. The monoisotopic (exact) mass is 366 g/mol. The van der Waals surface area contributed by atoms with E-state index in [4.69, 9.17) is 0 Å². The van der Waals surface area contributed by atoms with Gasteiger partial charge in [-0.2, -0.15) is 0 Å². The van der Waals surface area contributed by atoms with Crippen LogP contribution in [0.4, 0.5) is 17.1 Å². The van der Waals surface area contributed by atoms with Gasteiger partial charge in [-0.1, -0.05) is 12.1 Å². The van der Waals surface area contributed by atoms with Crippen LogP contribution in [0.15, 0.2) is 42.5 Å². The second-order valence-electron chi connectivity index (χ2n) is 7.64. The van der Waals surface area contributed by atoms with Crippen molar-refractivity contribution in [1.29, 1.82) is 0 Å². The zero-order valence-electron chi connectivity index (χ0n) is 16.7. The quantitative estimate of drug-likeness (QED) is 0.845. The van der Waals surface area contributed by atoms with Gasteiger partial charge in [0, 0.05) is 43.5 Å². The Bertz CT molecular complexity index is 795. The number of nitrogens with one attached hydrogen (secondary N) is 2. The molecule has 0 bridgehead atoms. The number of aryl methyl sites for hydroxylation is 1. The minimum absolute atomic E-state index is 0.0858. The van der Waals surface area contributed by atoms with Gasteiger partial charge >= 0.3 is 0 Å². The summed E-state index contributed by atoms with van der Waals surface area (Å²) in [5.74, 6) is -0.0858. The number of carbonyl (C=O) groups excluding carboxylic acids is 1. The molecule has 144 valence electrons. The molecular formula is C22H30N4O. The van der Waals surface area contributed by atoms with Crippen LogP contribution in [0, 0.1) is 6.92 Å². The average molecular weight is 367 g/mol. The van der Waals surface area contributed by atoms with Crippen molar-refractivity contribution in [2.45, 2.75) is 26.8 Å². The molecule has 1 fully saturated rings. The fraction of sp³-hybridized carbons (Fsp3) is 0.409. The fourth-order valence-electron chi connectivity index (χ4n) is 3.35. The molecule has 0 aliphatic carbocycles. The number of benzene rings is 2. The van der Waals surface area contributed by atoms with Crippen molar-refractivity contribution in [1.82, 2.24) is 4.90 Å². The minimum Gasteiger partial charge on any atom is -0.381 e. The van der Waals surface area contributed by atoms with E-state index in [1.807, 2.05) is 43.3 Å². The van der Waals surface area contributed by atoms with E-state index in [1.165, 1.54) is 5.69 Å². The molecule has 1 heterocycles. The predicted molar refractivity (Wildman–Crippen MR) is 114 cm³/mol. The summed E-state index contributed by atoms with van der Waals surface area (Å²) in [7, 11) is 2.16. The second-order valence-corrected chi connectivity index (χ2v) is 7.64. The molecule has 0 aromatic heterocycles. The van der Waals surface area contributed by atoms with Crippen molar-refractivity contribution in [3.05, 3.63) is 53.6 Å². The summed E-state index contributed by atoms with van der Waals surface area (Å²) in [6.45, 7) is 10.4.